The van der Waals surface area contributed by atoms with Crippen LogP contribution in [0.1, 0.15) is 17.8 Å². The zero-order valence-electron chi connectivity index (χ0n) is 12.1. The van der Waals surface area contributed by atoms with E-state index < -0.39 is 10.0 Å². The quantitative estimate of drug-likeness (QED) is 0.821. The highest BCUT2D eigenvalue weighted by Crippen LogP contribution is 2.18. The van der Waals surface area contributed by atoms with Crippen molar-refractivity contribution in [2.45, 2.75) is 31.7 Å². The van der Waals surface area contributed by atoms with Crippen LogP contribution in [-0.2, 0) is 16.6 Å². The van der Waals surface area contributed by atoms with Crippen molar-refractivity contribution < 1.29 is 13.2 Å². The van der Waals surface area contributed by atoms with Gasteiger partial charge in [0.1, 0.15) is 10.6 Å². The van der Waals surface area contributed by atoms with Crippen LogP contribution in [0.4, 0.5) is 0 Å². The number of benzene rings is 1. The van der Waals surface area contributed by atoms with Gasteiger partial charge in [-0.15, -0.1) is 0 Å². The van der Waals surface area contributed by atoms with Crippen molar-refractivity contribution in [2.24, 2.45) is 5.14 Å². The molecule has 7 heteroatoms. The monoisotopic (exact) mass is 309 g/mol. The molecule has 0 spiro atoms. The third-order valence-electron chi connectivity index (χ3n) is 3.13. The van der Waals surface area contributed by atoms with E-state index in [9.17, 15) is 8.42 Å². The molecule has 2 aromatic rings. The molecular weight excluding hydrogens is 290 g/mol. The topological polar surface area (TPSA) is 87.2 Å². The molecule has 0 saturated carbocycles. The second-order valence-corrected chi connectivity index (χ2v) is 6.28. The summed E-state index contributed by atoms with van der Waals surface area (Å²) in [6.45, 7) is 4.46. The van der Waals surface area contributed by atoms with Gasteiger partial charge in [-0.1, -0.05) is 18.2 Å². The number of ether oxygens (including phenoxy) is 1. The number of nitrogens with two attached hydrogens (primary N) is 1. The molecule has 0 atom stereocenters. The highest BCUT2D eigenvalue weighted by molar-refractivity contribution is 7.89. The SMILES string of the molecule is Cc1nn(CCCOc2ccccc2)c(C)c1S(N)(=O)=O. The lowest BCUT2D eigenvalue weighted by molar-refractivity contribution is 0.298. The lowest BCUT2D eigenvalue weighted by atomic mass is 10.3. The Morgan fingerprint density at radius 1 is 1.24 bits per heavy atom. The molecule has 0 aliphatic heterocycles. The lowest BCUT2D eigenvalue weighted by Crippen LogP contribution is -2.14. The van der Waals surface area contributed by atoms with Crippen LogP contribution in [0.3, 0.4) is 0 Å². The Balaban J connectivity index is 1.96. The summed E-state index contributed by atoms with van der Waals surface area (Å²) in [7, 11) is -3.73. The summed E-state index contributed by atoms with van der Waals surface area (Å²) >= 11 is 0. The molecule has 0 saturated heterocycles. The largest absolute Gasteiger partial charge is 0.494 e. The van der Waals surface area contributed by atoms with Crippen LogP contribution in [0, 0.1) is 13.8 Å². The van der Waals surface area contributed by atoms with Gasteiger partial charge in [0.05, 0.1) is 18.0 Å². The van der Waals surface area contributed by atoms with E-state index in [1.165, 1.54) is 0 Å². The summed E-state index contributed by atoms with van der Waals surface area (Å²) in [6, 6.07) is 9.53. The molecule has 114 valence electrons. The van der Waals surface area contributed by atoms with Gasteiger partial charge < -0.3 is 4.74 Å². The zero-order valence-corrected chi connectivity index (χ0v) is 12.9. The van der Waals surface area contributed by atoms with Crippen molar-refractivity contribution in [3.8, 4) is 5.75 Å². The summed E-state index contributed by atoms with van der Waals surface area (Å²) < 4.78 is 30.2. The molecule has 0 aliphatic carbocycles. The van der Waals surface area contributed by atoms with E-state index in [1.54, 1.807) is 18.5 Å². The van der Waals surface area contributed by atoms with Gasteiger partial charge in [-0.2, -0.15) is 5.10 Å². The number of aryl methyl sites for hydroxylation is 2. The van der Waals surface area contributed by atoms with Gasteiger partial charge in [0.2, 0.25) is 10.0 Å². The molecule has 2 rings (SSSR count). The van der Waals surface area contributed by atoms with Gasteiger partial charge in [-0.05, 0) is 26.0 Å². The molecule has 0 unspecified atom stereocenters. The maximum atomic E-state index is 11.5. The Morgan fingerprint density at radius 2 is 1.90 bits per heavy atom. The Morgan fingerprint density at radius 3 is 2.48 bits per heavy atom. The highest BCUT2D eigenvalue weighted by atomic mass is 32.2. The second kappa shape index (κ2) is 6.28. The first-order chi connectivity index (χ1) is 9.89. The average Bonchev–Trinajstić information content (AvgIpc) is 2.70. The third kappa shape index (κ3) is 3.83. The number of rotatable bonds is 6. The predicted octanol–water partition coefficient (Wildman–Crippen LogP) is 1.62. The standard InChI is InChI=1S/C14H19N3O3S/c1-11-14(21(15,18)19)12(2)17(16-11)9-6-10-20-13-7-4-3-5-8-13/h3-5,7-8H,6,9-10H2,1-2H3,(H2,15,18,19). The van der Waals surface area contributed by atoms with Crippen LogP contribution in [0.2, 0.25) is 0 Å². The van der Waals surface area contributed by atoms with Gasteiger partial charge in [0.25, 0.3) is 0 Å². The summed E-state index contributed by atoms with van der Waals surface area (Å²) in [4.78, 5) is 0.117. The fourth-order valence-corrected chi connectivity index (χ4v) is 3.20. The van der Waals surface area contributed by atoms with Crippen molar-refractivity contribution in [1.29, 1.82) is 0 Å². The fraction of sp³-hybridized carbons (Fsp3) is 0.357. The number of hydrogen-bond donors (Lipinski definition) is 1. The molecule has 1 heterocycles. The molecule has 0 aliphatic rings. The summed E-state index contributed by atoms with van der Waals surface area (Å²) in [5.74, 6) is 0.816. The van der Waals surface area contributed by atoms with Crippen molar-refractivity contribution in [3.63, 3.8) is 0 Å². The summed E-state index contributed by atoms with van der Waals surface area (Å²) in [6.07, 6.45) is 0.723. The molecule has 1 aromatic heterocycles. The summed E-state index contributed by atoms with van der Waals surface area (Å²) in [5.41, 5.74) is 0.994. The minimum Gasteiger partial charge on any atom is -0.494 e. The number of hydrogen-bond acceptors (Lipinski definition) is 4. The fourth-order valence-electron chi connectivity index (χ4n) is 2.23. The Labute approximate surface area is 124 Å². The van der Waals surface area contributed by atoms with Gasteiger partial charge in [0.15, 0.2) is 0 Å². The summed E-state index contributed by atoms with van der Waals surface area (Å²) in [5, 5.41) is 9.42. The van der Waals surface area contributed by atoms with Crippen molar-refractivity contribution >= 4 is 10.0 Å². The van der Waals surface area contributed by atoms with Crippen molar-refractivity contribution in [2.75, 3.05) is 6.61 Å². The van der Waals surface area contributed by atoms with E-state index in [-0.39, 0.29) is 4.90 Å². The Bertz CT molecular complexity index is 709. The maximum absolute atomic E-state index is 11.5. The molecule has 0 bridgehead atoms. The minimum absolute atomic E-state index is 0.117. The lowest BCUT2D eigenvalue weighted by Gasteiger charge is -2.07. The van der Waals surface area contributed by atoms with Crippen LogP contribution in [0.15, 0.2) is 35.2 Å². The van der Waals surface area contributed by atoms with Crippen LogP contribution < -0.4 is 9.88 Å². The number of primary sulfonamides is 1. The number of nitrogens with zero attached hydrogens (tertiary/aromatic N) is 2. The highest BCUT2D eigenvalue weighted by Gasteiger charge is 2.20. The number of sulfonamides is 1. The molecule has 0 radical (unpaired) electrons. The first-order valence-electron chi connectivity index (χ1n) is 6.64. The van der Waals surface area contributed by atoms with Crippen LogP contribution in [0.5, 0.6) is 5.75 Å². The molecule has 2 N–H and O–H groups in total. The van der Waals surface area contributed by atoms with E-state index in [0.717, 1.165) is 12.2 Å². The van der Waals surface area contributed by atoms with E-state index in [0.29, 0.717) is 24.5 Å². The van der Waals surface area contributed by atoms with Crippen LogP contribution in [0.25, 0.3) is 0 Å². The molecule has 1 aromatic carbocycles. The van der Waals surface area contributed by atoms with E-state index in [4.69, 9.17) is 9.88 Å². The van der Waals surface area contributed by atoms with Gasteiger partial charge >= 0.3 is 0 Å². The maximum Gasteiger partial charge on any atom is 0.241 e. The minimum atomic E-state index is -3.73. The van der Waals surface area contributed by atoms with Crippen molar-refractivity contribution in [3.05, 3.63) is 41.7 Å². The molecule has 0 fully saturated rings. The van der Waals surface area contributed by atoms with Gasteiger partial charge in [-0.3, -0.25) is 4.68 Å². The third-order valence-corrected chi connectivity index (χ3v) is 4.29. The molecule has 0 amide bonds. The van der Waals surface area contributed by atoms with Gasteiger partial charge in [0, 0.05) is 13.0 Å². The molecule has 6 nitrogen and oxygen atoms in total. The molecular formula is C14H19N3O3S. The average molecular weight is 309 g/mol. The Hall–Kier alpha value is -1.86. The zero-order chi connectivity index (χ0) is 15.5. The molecule has 21 heavy (non-hydrogen) atoms. The predicted molar refractivity (Wildman–Crippen MR) is 79.6 cm³/mol. The van der Waals surface area contributed by atoms with Crippen LogP contribution >= 0.6 is 0 Å². The Kier molecular flexibility index (Phi) is 4.64. The normalized spacial score (nSPS) is 11.6. The first-order valence-corrected chi connectivity index (χ1v) is 8.19. The van der Waals surface area contributed by atoms with Gasteiger partial charge in [-0.25, -0.2) is 13.6 Å². The van der Waals surface area contributed by atoms with Crippen molar-refractivity contribution in [1.82, 2.24) is 9.78 Å². The smallest absolute Gasteiger partial charge is 0.241 e. The van der Waals surface area contributed by atoms with E-state index >= 15 is 0 Å². The first kappa shape index (κ1) is 15.5. The number of aromatic nitrogens is 2. The van der Waals surface area contributed by atoms with E-state index in [2.05, 4.69) is 5.10 Å². The van der Waals surface area contributed by atoms with Crippen LogP contribution in [-0.4, -0.2) is 24.8 Å². The number of para-hydroxylation sites is 1. The second-order valence-electron chi connectivity index (χ2n) is 4.78. The van der Waals surface area contributed by atoms with E-state index in [1.807, 2.05) is 30.3 Å².